The van der Waals surface area contributed by atoms with Crippen LogP contribution in [0.15, 0.2) is 0 Å². The molecule has 7 heteroatoms. The molecule has 7 nitrogen and oxygen atoms in total. The summed E-state index contributed by atoms with van der Waals surface area (Å²) in [6, 6.07) is -2.01. The fraction of sp³-hybridized carbons (Fsp3) is 0.769. The number of nitrogens with one attached hydrogen (secondary N) is 1. The lowest BCUT2D eigenvalue weighted by Crippen LogP contribution is -2.52. The number of amides is 1. The monoisotopic (exact) mass is 288 g/mol. The quantitative estimate of drug-likeness (QED) is 0.552. The third kappa shape index (κ3) is 6.51. The van der Waals surface area contributed by atoms with Gasteiger partial charge in [-0.05, 0) is 19.8 Å². The number of ether oxygens (including phenoxy) is 1. The first-order valence-corrected chi connectivity index (χ1v) is 6.67. The van der Waals surface area contributed by atoms with Crippen molar-refractivity contribution in [3.05, 3.63) is 0 Å². The van der Waals surface area contributed by atoms with Crippen LogP contribution >= 0.6 is 0 Å². The number of esters is 1. The molecule has 20 heavy (non-hydrogen) atoms. The van der Waals surface area contributed by atoms with Crippen LogP contribution in [0.25, 0.3) is 0 Å². The largest absolute Gasteiger partial charge is 0.481 e. The molecule has 0 aliphatic heterocycles. The first-order valence-electron chi connectivity index (χ1n) is 6.67. The van der Waals surface area contributed by atoms with E-state index < -0.39 is 36.4 Å². The summed E-state index contributed by atoms with van der Waals surface area (Å²) in [5.41, 5.74) is 5.46. The number of carbonyl (C=O) groups excluding carboxylic acids is 2. The first kappa shape index (κ1) is 18.4. The predicted octanol–water partition coefficient (Wildman–Crippen LogP) is 0.271. The van der Waals surface area contributed by atoms with Gasteiger partial charge in [-0.25, -0.2) is 4.79 Å². The number of aliphatic carboxylic acids is 1. The van der Waals surface area contributed by atoms with Crippen molar-refractivity contribution in [2.24, 2.45) is 11.7 Å². The molecule has 0 aromatic rings. The maximum absolute atomic E-state index is 11.9. The zero-order valence-electron chi connectivity index (χ0n) is 12.4. The van der Waals surface area contributed by atoms with Gasteiger partial charge in [0.15, 0.2) is 0 Å². The SMILES string of the molecule is CC[C@H](C)[C@@H](NC(=O)[C@@H](N)CC(=O)O)C(=O)OC(C)C. The second kappa shape index (κ2) is 8.52. The van der Waals surface area contributed by atoms with E-state index in [4.69, 9.17) is 15.6 Å². The van der Waals surface area contributed by atoms with Crippen molar-refractivity contribution in [2.75, 3.05) is 0 Å². The van der Waals surface area contributed by atoms with E-state index >= 15 is 0 Å². The summed E-state index contributed by atoms with van der Waals surface area (Å²) < 4.78 is 5.09. The van der Waals surface area contributed by atoms with Gasteiger partial charge in [0, 0.05) is 0 Å². The molecule has 0 aromatic carbocycles. The molecule has 0 radical (unpaired) electrons. The highest BCUT2D eigenvalue weighted by atomic mass is 16.5. The molecule has 0 aliphatic carbocycles. The van der Waals surface area contributed by atoms with Crippen LogP contribution in [0, 0.1) is 5.92 Å². The van der Waals surface area contributed by atoms with Crippen LogP contribution in [0.5, 0.6) is 0 Å². The molecule has 0 saturated carbocycles. The fourth-order valence-electron chi connectivity index (χ4n) is 1.52. The van der Waals surface area contributed by atoms with E-state index in [1.807, 2.05) is 6.92 Å². The highest BCUT2D eigenvalue weighted by molar-refractivity contribution is 5.89. The maximum Gasteiger partial charge on any atom is 0.329 e. The van der Waals surface area contributed by atoms with E-state index in [1.54, 1.807) is 20.8 Å². The third-order valence-corrected chi connectivity index (χ3v) is 2.85. The standard InChI is InChI=1S/C13H24N2O5/c1-5-8(4)11(13(19)20-7(2)3)15-12(18)9(14)6-10(16)17/h7-9,11H,5-6,14H2,1-4H3,(H,15,18)(H,16,17)/t8-,9-,11+/m0/s1. The van der Waals surface area contributed by atoms with Gasteiger partial charge in [-0.15, -0.1) is 0 Å². The molecule has 116 valence electrons. The van der Waals surface area contributed by atoms with Crippen LogP contribution < -0.4 is 11.1 Å². The Morgan fingerprint density at radius 3 is 2.20 bits per heavy atom. The number of carbonyl (C=O) groups is 3. The van der Waals surface area contributed by atoms with Gasteiger partial charge in [0.2, 0.25) is 5.91 Å². The molecule has 0 rings (SSSR count). The van der Waals surface area contributed by atoms with Crippen LogP contribution in [0.1, 0.15) is 40.5 Å². The van der Waals surface area contributed by atoms with Crippen LogP contribution in [-0.4, -0.2) is 41.1 Å². The fourth-order valence-corrected chi connectivity index (χ4v) is 1.52. The van der Waals surface area contributed by atoms with E-state index in [0.29, 0.717) is 6.42 Å². The molecule has 1 amide bonds. The Morgan fingerprint density at radius 2 is 1.80 bits per heavy atom. The summed E-state index contributed by atoms with van der Waals surface area (Å²) in [4.78, 5) is 34.3. The van der Waals surface area contributed by atoms with Gasteiger partial charge in [-0.3, -0.25) is 9.59 Å². The number of rotatable bonds is 8. The summed E-state index contributed by atoms with van der Waals surface area (Å²) in [6.07, 6.45) is -0.122. The topological polar surface area (TPSA) is 119 Å². The Labute approximate surface area is 118 Å². The second-order valence-electron chi connectivity index (χ2n) is 5.06. The Morgan fingerprint density at radius 1 is 1.25 bits per heavy atom. The van der Waals surface area contributed by atoms with Crippen LogP contribution in [0.3, 0.4) is 0 Å². The molecule has 0 unspecified atom stereocenters. The lowest BCUT2D eigenvalue weighted by molar-refractivity contribution is -0.153. The molecule has 0 aromatic heterocycles. The summed E-state index contributed by atoms with van der Waals surface area (Å²) in [5, 5.41) is 11.1. The Balaban J connectivity index is 4.77. The number of nitrogens with two attached hydrogens (primary N) is 1. The second-order valence-corrected chi connectivity index (χ2v) is 5.06. The summed E-state index contributed by atoms with van der Waals surface area (Å²) in [5.74, 6) is -2.51. The number of carboxylic acid groups (broad SMARTS) is 1. The number of carboxylic acids is 1. The van der Waals surface area contributed by atoms with Crippen LogP contribution in [0.2, 0.25) is 0 Å². The van der Waals surface area contributed by atoms with E-state index in [9.17, 15) is 14.4 Å². The van der Waals surface area contributed by atoms with Gasteiger partial charge in [-0.1, -0.05) is 20.3 Å². The highest BCUT2D eigenvalue weighted by Crippen LogP contribution is 2.11. The van der Waals surface area contributed by atoms with E-state index in [-0.39, 0.29) is 12.0 Å². The van der Waals surface area contributed by atoms with E-state index in [2.05, 4.69) is 5.32 Å². The van der Waals surface area contributed by atoms with E-state index in [0.717, 1.165) is 0 Å². The molecular formula is C13H24N2O5. The lowest BCUT2D eigenvalue weighted by atomic mass is 9.98. The van der Waals surface area contributed by atoms with Crippen LogP contribution in [-0.2, 0) is 19.1 Å². The number of hydrogen-bond donors (Lipinski definition) is 3. The molecule has 0 bridgehead atoms. The molecule has 4 N–H and O–H groups in total. The minimum atomic E-state index is -1.19. The van der Waals surface area contributed by atoms with Crippen LogP contribution in [0.4, 0.5) is 0 Å². The molecule has 3 atom stereocenters. The summed E-state index contributed by atoms with van der Waals surface area (Å²) >= 11 is 0. The van der Waals surface area contributed by atoms with Crippen molar-refractivity contribution < 1.29 is 24.2 Å². The zero-order valence-corrected chi connectivity index (χ0v) is 12.4. The highest BCUT2D eigenvalue weighted by Gasteiger charge is 2.30. The van der Waals surface area contributed by atoms with Gasteiger partial charge in [-0.2, -0.15) is 0 Å². The maximum atomic E-state index is 11.9. The van der Waals surface area contributed by atoms with Gasteiger partial charge in [0.05, 0.1) is 18.6 Å². The zero-order chi connectivity index (χ0) is 15.9. The van der Waals surface area contributed by atoms with Gasteiger partial charge in [0.25, 0.3) is 0 Å². The van der Waals surface area contributed by atoms with Gasteiger partial charge < -0.3 is 20.9 Å². The average Bonchev–Trinajstić information content (AvgIpc) is 2.32. The van der Waals surface area contributed by atoms with E-state index in [1.165, 1.54) is 0 Å². The molecular weight excluding hydrogens is 264 g/mol. The smallest absolute Gasteiger partial charge is 0.329 e. The summed E-state index contributed by atoms with van der Waals surface area (Å²) in [7, 11) is 0. The Hall–Kier alpha value is -1.63. The minimum Gasteiger partial charge on any atom is -0.481 e. The predicted molar refractivity (Wildman–Crippen MR) is 72.8 cm³/mol. The van der Waals surface area contributed by atoms with Gasteiger partial charge in [0.1, 0.15) is 6.04 Å². The minimum absolute atomic E-state index is 0.137. The Kier molecular flexibility index (Phi) is 7.83. The normalized spacial score (nSPS) is 15.3. The summed E-state index contributed by atoms with van der Waals surface area (Å²) in [6.45, 7) is 7.10. The third-order valence-electron chi connectivity index (χ3n) is 2.85. The van der Waals surface area contributed by atoms with Gasteiger partial charge >= 0.3 is 11.9 Å². The van der Waals surface area contributed by atoms with Crippen molar-refractivity contribution in [2.45, 2.75) is 58.7 Å². The van der Waals surface area contributed by atoms with Crippen molar-refractivity contribution in [3.63, 3.8) is 0 Å². The van der Waals surface area contributed by atoms with Crippen molar-refractivity contribution in [1.82, 2.24) is 5.32 Å². The molecule has 0 aliphatic rings. The first-order chi connectivity index (χ1) is 9.18. The van der Waals surface area contributed by atoms with Crippen molar-refractivity contribution in [3.8, 4) is 0 Å². The number of hydrogen-bond acceptors (Lipinski definition) is 5. The molecule has 0 saturated heterocycles. The Bertz CT molecular complexity index is 357. The molecule has 0 fully saturated rings. The lowest BCUT2D eigenvalue weighted by Gasteiger charge is -2.24. The molecule has 0 spiro atoms. The van der Waals surface area contributed by atoms with Crippen molar-refractivity contribution in [1.29, 1.82) is 0 Å². The van der Waals surface area contributed by atoms with Crippen molar-refractivity contribution >= 4 is 17.8 Å². The molecule has 0 heterocycles. The average molecular weight is 288 g/mol.